The van der Waals surface area contributed by atoms with Crippen LogP contribution in [-0.2, 0) is 16.0 Å². The average molecular weight is 252 g/mol. The van der Waals surface area contributed by atoms with Gasteiger partial charge in [-0.25, -0.2) is 4.79 Å². The molecular weight excluding hydrogens is 232 g/mol. The lowest BCUT2D eigenvalue weighted by Crippen LogP contribution is -2.26. The van der Waals surface area contributed by atoms with E-state index < -0.39 is 12.1 Å². The largest absolute Gasteiger partial charge is 0.493 e. The zero-order chi connectivity index (χ0) is 13.4. The number of hydrogen-bond acceptors (Lipinski definition) is 3. The topological polar surface area (TPSA) is 55.8 Å². The van der Waals surface area contributed by atoms with Crippen molar-refractivity contribution in [3.63, 3.8) is 0 Å². The van der Waals surface area contributed by atoms with E-state index in [9.17, 15) is 4.79 Å². The molecule has 1 aromatic rings. The second-order valence-electron chi connectivity index (χ2n) is 3.92. The molecule has 100 valence electrons. The number of carboxylic acids is 1. The summed E-state index contributed by atoms with van der Waals surface area (Å²) < 4.78 is 10.6. The Morgan fingerprint density at radius 2 is 2.17 bits per heavy atom. The van der Waals surface area contributed by atoms with Crippen LogP contribution in [0, 0.1) is 0 Å². The third-order valence-corrected chi connectivity index (χ3v) is 2.60. The minimum absolute atomic E-state index is 0.337. The van der Waals surface area contributed by atoms with Gasteiger partial charge in [-0.1, -0.05) is 19.1 Å². The molecule has 0 aliphatic heterocycles. The van der Waals surface area contributed by atoms with Gasteiger partial charge in [0.2, 0.25) is 0 Å². The quantitative estimate of drug-likeness (QED) is 0.772. The van der Waals surface area contributed by atoms with Crippen LogP contribution in [0.15, 0.2) is 24.3 Å². The molecule has 0 saturated heterocycles. The fourth-order valence-corrected chi connectivity index (χ4v) is 1.62. The highest BCUT2D eigenvalue weighted by Gasteiger charge is 2.17. The molecule has 18 heavy (non-hydrogen) atoms. The monoisotopic (exact) mass is 252 g/mol. The summed E-state index contributed by atoms with van der Waals surface area (Å²) in [5, 5.41) is 8.90. The Morgan fingerprint density at radius 1 is 1.39 bits per heavy atom. The summed E-state index contributed by atoms with van der Waals surface area (Å²) in [4.78, 5) is 10.9. The molecule has 0 bridgehead atoms. The number of aliphatic carboxylic acids is 1. The smallest absolute Gasteiger partial charge is 0.332 e. The van der Waals surface area contributed by atoms with Crippen LogP contribution in [0.5, 0.6) is 5.75 Å². The molecule has 0 radical (unpaired) electrons. The average Bonchev–Trinajstić information content (AvgIpc) is 2.38. The van der Waals surface area contributed by atoms with Gasteiger partial charge in [-0.15, -0.1) is 0 Å². The summed E-state index contributed by atoms with van der Waals surface area (Å²) in [5.74, 6) is -0.169. The van der Waals surface area contributed by atoms with Crippen LogP contribution in [0.25, 0.3) is 0 Å². The Balaban J connectivity index is 2.42. The van der Waals surface area contributed by atoms with Gasteiger partial charge in [-0.3, -0.25) is 0 Å². The lowest BCUT2D eigenvalue weighted by molar-refractivity contribution is -0.150. The fraction of sp³-hybridized carbons (Fsp3) is 0.500. The minimum atomic E-state index is -0.942. The number of benzene rings is 1. The van der Waals surface area contributed by atoms with Crippen LogP contribution in [0.3, 0.4) is 0 Å². The summed E-state index contributed by atoms with van der Waals surface area (Å²) in [6.45, 7) is 4.59. The van der Waals surface area contributed by atoms with Crippen molar-refractivity contribution in [1.82, 2.24) is 0 Å². The van der Waals surface area contributed by atoms with Crippen molar-refractivity contribution in [2.75, 3.05) is 13.2 Å². The van der Waals surface area contributed by atoms with Gasteiger partial charge < -0.3 is 14.6 Å². The molecule has 0 spiro atoms. The molecule has 0 aliphatic carbocycles. The molecule has 1 rings (SSSR count). The number of ether oxygens (including phenoxy) is 2. The first-order valence-corrected chi connectivity index (χ1v) is 6.23. The van der Waals surface area contributed by atoms with Gasteiger partial charge in [0, 0.05) is 13.0 Å². The van der Waals surface area contributed by atoms with Crippen molar-refractivity contribution < 1.29 is 19.4 Å². The van der Waals surface area contributed by atoms with E-state index in [4.69, 9.17) is 14.6 Å². The molecule has 0 aliphatic rings. The van der Waals surface area contributed by atoms with Gasteiger partial charge in [0.15, 0.2) is 6.10 Å². The molecule has 1 unspecified atom stereocenters. The third kappa shape index (κ3) is 4.75. The van der Waals surface area contributed by atoms with Crippen molar-refractivity contribution in [1.29, 1.82) is 0 Å². The van der Waals surface area contributed by atoms with Crippen molar-refractivity contribution in [2.24, 2.45) is 0 Å². The van der Waals surface area contributed by atoms with Crippen molar-refractivity contribution in [3.05, 3.63) is 29.8 Å². The van der Waals surface area contributed by atoms with Crippen molar-refractivity contribution in [3.8, 4) is 5.75 Å². The summed E-state index contributed by atoms with van der Waals surface area (Å²) >= 11 is 0. The number of rotatable bonds is 8. The van der Waals surface area contributed by atoms with Gasteiger partial charge in [0.25, 0.3) is 0 Å². The minimum Gasteiger partial charge on any atom is -0.493 e. The van der Waals surface area contributed by atoms with Crippen LogP contribution >= 0.6 is 0 Å². The SMILES string of the molecule is CCOC(CCOc1cccc(CC)c1)C(=O)O. The van der Waals surface area contributed by atoms with Gasteiger partial charge in [-0.05, 0) is 31.0 Å². The van der Waals surface area contributed by atoms with Gasteiger partial charge >= 0.3 is 5.97 Å². The summed E-state index contributed by atoms with van der Waals surface area (Å²) in [5.41, 5.74) is 1.20. The first kappa shape index (κ1) is 14.5. The molecule has 1 N–H and O–H groups in total. The zero-order valence-corrected chi connectivity index (χ0v) is 10.9. The molecule has 0 heterocycles. The van der Waals surface area contributed by atoms with Crippen LogP contribution in [0.2, 0.25) is 0 Å². The summed E-state index contributed by atoms with van der Waals surface area (Å²) in [6, 6.07) is 7.81. The first-order valence-electron chi connectivity index (χ1n) is 6.23. The number of carbonyl (C=O) groups is 1. The Kier molecular flexibility index (Phi) is 6.22. The molecule has 1 atom stereocenters. The van der Waals surface area contributed by atoms with E-state index in [2.05, 4.69) is 6.92 Å². The van der Waals surface area contributed by atoms with E-state index in [0.717, 1.165) is 12.2 Å². The maximum atomic E-state index is 10.9. The van der Waals surface area contributed by atoms with Crippen LogP contribution in [0.1, 0.15) is 25.8 Å². The van der Waals surface area contributed by atoms with Crippen molar-refractivity contribution in [2.45, 2.75) is 32.8 Å². The second-order valence-corrected chi connectivity index (χ2v) is 3.92. The Bertz CT molecular complexity index is 376. The fourth-order valence-electron chi connectivity index (χ4n) is 1.62. The van der Waals surface area contributed by atoms with E-state index in [1.807, 2.05) is 24.3 Å². The van der Waals surface area contributed by atoms with E-state index in [0.29, 0.717) is 19.6 Å². The Morgan fingerprint density at radius 3 is 2.78 bits per heavy atom. The van der Waals surface area contributed by atoms with E-state index in [1.165, 1.54) is 5.56 Å². The standard InChI is InChI=1S/C14H20O4/c1-3-11-6-5-7-12(10-11)18-9-8-13(14(15)16)17-4-2/h5-7,10,13H,3-4,8-9H2,1-2H3,(H,15,16). The second kappa shape index (κ2) is 7.71. The summed E-state index contributed by atoms with van der Waals surface area (Å²) in [6.07, 6.45) is 0.511. The molecule has 4 nitrogen and oxygen atoms in total. The molecule has 4 heteroatoms. The van der Waals surface area contributed by atoms with E-state index in [1.54, 1.807) is 6.92 Å². The van der Waals surface area contributed by atoms with Crippen molar-refractivity contribution >= 4 is 5.97 Å². The predicted octanol–water partition coefficient (Wildman–Crippen LogP) is 2.51. The van der Waals surface area contributed by atoms with Crippen LogP contribution in [0.4, 0.5) is 0 Å². The Hall–Kier alpha value is -1.55. The van der Waals surface area contributed by atoms with Gasteiger partial charge in [-0.2, -0.15) is 0 Å². The molecule has 0 amide bonds. The lowest BCUT2D eigenvalue weighted by Gasteiger charge is -2.13. The summed E-state index contributed by atoms with van der Waals surface area (Å²) in [7, 11) is 0. The first-order chi connectivity index (χ1) is 8.67. The third-order valence-electron chi connectivity index (χ3n) is 2.60. The zero-order valence-electron chi connectivity index (χ0n) is 10.9. The normalized spacial score (nSPS) is 12.1. The highest BCUT2D eigenvalue weighted by Crippen LogP contribution is 2.14. The predicted molar refractivity (Wildman–Crippen MR) is 69.0 cm³/mol. The lowest BCUT2D eigenvalue weighted by atomic mass is 10.2. The molecule has 0 fully saturated rings. The molecular formula is C14H20O4. The maximum absolute atomic E-state index is 10.9. The van der Waals surface area contributed by atoms with Gasteiger partial charge in [0.05, 0.1) is 6.61 Å². The number of carboxylic acid groups (broad SMARTS) is 1. The van der Waals surface area contributed by atoms with E-state index in [-0.39, 0.29) is 0 Å². The highest BCUT2D eigenvalue weighted by molar-refractivity contribution is 5.72. The van der Waals surface area contributed by atoms with Crippen LogP contribution in [-0.4, -0.2) is 30.4 Å². The van der Waals surface area contributed by atoms with E-state index >= 15 is 0 Å². The Labute approximate surface area is 108 Å². The molecule has 1 aromatic carbocycles. The highest BCUT2D eigenvalue weighted by atomic mass is 16.5. The molecule has 0 aromatic heterocycles. The number of aryl methyl sites for hydroxylation is 1. The van der Waals surface area contributed by atoms with Crippen LogP contribution < -0.4 is 4.74 Å². The van der Waals surface area contributed by atoms with Gasteiger partial charge in [0.1, 0.15) is 5.75 Å². The molecule has 0 saturated carbocycles. The number of hydrogen-bond donors (Lipinski definition) is 1. The maximum Gasteiger partial charge on any atom is 0.332 e.